The zero-order valence-corrected chi connectivity index (χ0v) is 15.2. The zero-order valence-electron chi connectivity index (χ0n) is 14.4. The van der Waals surface area contributed by atoms with Crippen molar-refractivity contribution >= 4 is 11.8 Å². The second-order valence-corrected chi connectivity index (χ2v) is 8.20. The third kappa shape index (κ3) is 4.57. The monoisotopic (exact) mass is 318 g/mol. The van der Waals surface area contributed by atoms with Gasteiger partial charge in [0, 0.05) is 16.1 Å². The van der Waals surface area contributed by atoms with Crippen molar-refractivity contribution in [1.29, 1.82) is 0 Å². The van der Waals surface area contributed by atoms with E-state index in [0.717, 1.165) is 17.3 Å². The topological polar surface area (TPSA) is 18.5 Å². The summed E-state index contributed by atoms with van der Waals surface area (Å²) < 4.78 is 11.3. The molecule has 0 fully saturated rings. The second kappa shape index (κ2) is 6.41. The van der Waals surface area contributed by atoms with E-state index in [0.29, 0.717) is 0 Å². The number of rotatable bonds is 4. The van der Waals surface area contributed by atoms with Crippen molar-refractivity contribution in [2.75, 3.05) is 7.11 Å². The first-order valence-electron chi connectivity index (χ1n) is 7.59. The number of benzene rings is 1. The van der Waals surface area contributed by atoms with E-state index in [-0.39, 0.29) is 11.0 Å². The molecule has 0 N–H and O–H groups in total. The molecule has 0 atom stereocenters. The summed E-state index contributed by atoms with van der Waals surface area (Å²) in [7, 11) is 1.69. The summed E-state index contributed by atoms with van der Waals surface area (Å²) in [5.74, 6) is 2.90. The molecule has 22 heavy (non-hydrogen) atoms. The first kappa shape index (κ1) is 17.0. The molecule has 2 rings (SSSR count). The average molecular weight is 318 g/mol. The van der Waals surface area contributed by atoms with Gasteiger partial charge < -0.3 is 9.47 Å². The van der Waals surface area contributed by atoms with Crippen molar-refractivity contribution in [1.82, 2.24) is 0 Å². The van der Waals surface area contributed by atoms with E-state index in [9.17, 15) is 0 Å². The van der Waals surface area contributed by atoms with Gasteiger partial charge in [-0.05, 0) is 43.7 Å². The van der Waals surface area contributed by atoms with E-state index in [1.165, 1.54) is 10.5 Å². The lowest BCUT2D eigenvalue weighted by Gasteiger charge is -2.35. The molecule has 0 aliphatic carbocycles. The average Bonchev–Trinajstić information content (AvgIpc) is 2.43. The van der Waals surface area contributed by atoms with Crippen LogP contribution in [0, 0.1) is 5.41 Å². The minimum absolute atomic E-state index is 0.0253. The largest absolute Gasteiger partial charge is 0.497 e. The SMILES string of the molecule is COc1ccc(CSC2=CC(C)(C)OC(C(C)(C)C)=C2)cc1. The highest BCUT2D eigenvalue weighted by atomic mass is 32.2. The van der Waals surface area contributed by atoms with E-state index in [4.69, 9.17) is 9.47 Å². The standard InChI is InChI=1S/C19H26O2S/c1-18(2,3)17-11-16(12-19(4,5)21-17)22-13-14-7-9-15(20-6)10-8-14/h7-12H,13H2,1-6H3. The highest BCUT2D eigenvalue weighted by Crippen LogP contribution is 2.39. The van der Waals surface area contributed by atoms with E-state index < -0.39 is 0 Å². The van der Waals surface area contributed by atoms with Gasteiger partial charge >= 0.3 is 0 Å². The third-order valence-corrected chi connectivity index (χ3v) is 4.49. The maximum atomic E-state index is 6.11. The summed E-state index contributed by atoms with van der Waals surface area (Å²) >= 11 is 1.85. The van der Waals surface area contributed by atoms with E-state index in [2.05, 4.69) is 58.9 Å². The number of hydrogen-bond donors (Lipinski definition) is 0. The van der Waals surface area contributed by atoms with Gasteiger partial charge in [-0.2, -0.15) is 0 Å². The summed E-state index contributed by atoms with van der Waals surface area (Å²) in [5.41, 5.74) is 1.07. The maximum Gasteiger partial charge on any atom is 0.122 e. The van der Waals surface area contributed by atoms with Crippen LogP contribution in [0.4, 0.5) is 0 Å². The van der Waals surface area contributed by atoms with Crippen LogP contribution in [0.25, 0.3) is 0 Å². The summed E-state index contributed by atoms with van der Waals surface area (Å²) in [5, 5.41) is 0. The van der Waals surface area contributed by atoms with Gasteiger partial charge in [0.2, 0.25) is 0 Å². The Morgan fingerprint density at radius 1 is 1.14 bits per heavy atom. The molecule has 1 heterocycles. The highest BCUT2D eigenvalue weighted by molar-refractivity contribution is 8.02. The van der Waals surface area contributed by atoms with Crippen LogP contribution in [-0.2, 0) is 10.5 Å². The predicted octanol–water partition coefficient (Wildman–Crippen LogP) is 5.55. The summed E-state index contributed by atoms with van der Waals surface area (Å²) in [4.78, 5) is 1.27. The molecular weight excluding hydrogens is 292 g/mol. The van der Waals surface area contributed by atoms with Gasteiger partial charge in [-0.25, -0.2) is 0 Å². The van der Waals surface area contributed by atoms with Gasteiger partial charge in [-0.3, -0.25) is 0 Å². The normalized spacial score (nSPS) is 17.4. The van der Waals surface area contributed by atoms with Gasteiger partial charge in [0.1, 0.15) is 17.1 Å². The van der Waals surface area contributed by atoms with Gasteiger partial charge in [0.05, 0.1) is 7.11 Å². The van der Waals surface area contributed by atoms with Gasteiger partial charge in [0.15, 0.2) is 0 Å². The van der Waals surface area contributed by atoms with Gasteiger partial charge in [0.25, 0.3) is 0 Å². The maximum absolute atomic E-state index is 6.11. The molecule has 1 aromatic carbocycles. The van der Waals surface area contributed by atoms with E-state index >= 15 is 0 Å². The van der Waals surface area contributed by atoms with Crippen LogP contribution in [0.3, 0.4) is 0 Å². The molecule has 1 aromatic rings. The molecule has 120 valence electrons. The van der Waals surface area contributed by atoms with Crippen LogP contribution < -0.4 is 4.74 Å². The van der Waals surface area contributed by atoms with Crippen molar-refractivity contribution in [3.05, 3.63) is 52.6 Å². The van der Waals surface area contributed by atoms with Crippen LogP contribution in [0.2, 0.25) is 0 Å². The fourth-order valence-corrected chi connectivity index (χ4v) is 3.28. The quantitative estimate of drug-likeness (QED) is 0.725. The molecule has 1 aliphatic heterocycles. The Kier molecular flexibility index (Phi) is 4.96. The van der Waals surface area contributed by atoms with Crippen LogP contribution in [0.5, 0.6) is 5.75 Å². The third-order valence-electron chi connectivity index (χ3n) is 3.44. The molecular formula is C19H26O2S. The summed E-state index contributed by atoms with van der Waals surface area (Å²) in [6.07, 6.45) is 4.38. The molecule has 3 heteroatoms. The number of allylic oxidation sites excluding steroid dienone is 2. The fraction of sp³-hybridized carbons (Fsp3) is 0.474. The Labute approximate surface area is 138 Å². The minimum atomic E-state index is -0.250. The van der Waals surface area contributed by atoms with Gasteiger partial charge in [-0.1, -0.05) is 32.9 Å². The number of hydrogen-bond acceptors (Lipinski definition) is 3. The molecule has 2 nitrogen and oxygen atoms in total. The minimum Gasteiger partial charge on any atom is -0.497 e. The number of thioether (sulfide) groups is 1. The number of ether oxygens (including phenoxy) is 2. The van der Waals surface area contributed by atoms with Crippen LogP contribution in [-0.4, -0.2) is 12.7 Å². The lowest BCUT2D eigenvalue weighted by molar-refractivity contribution is 0.0398. The Bertz CT molecular complexity index is 574. The fourth-order valence-electron chi connectivity index (χ4n) is 2.20. The van der Waals surface area contributed by atoms with E-state index in [1.54, 1.807) is 7.11 Å². The van der Waals surface area contributed by atoms with Crippen molar-refractivity contribution in [2.24, 2.45) is 5.41 Å². The molecule has 0 bridgehead atoms. The lowest BCUT2D eigenvalue weighted by atomic mass is 9.91. The van der Waals surface area contributed by atoms with Crippen molar-refractivity contribution < 1.29 is 9.47 Å². The lowest BCUT2D eigenvalue weighted by Crippen LogP contribution is -2.28. The predicted molar refractivity (Wildman–Crippen MR) is 95.1 cm³/mol. The first-order chi connectivity index (χ1) is 10.2. The summed E-state index contributed by atoms with van der Waals surface area (Å²) in [6.45, 7) is 10.8. The zero-order chi connectivity index (χ0) is 16.4. The molecule has 0 saturated carbocycles. The molecule has 0 saturated heterocycles. The van der Waals surface area contributed by atoms with Crippen LogP contribution >= 0.6 is 11.8 Å². The molecule has 0 radical (unpaired) electrons. The Hall–Kier alpha value is -1.35. The van der Waals surface area contributed by atoms with Crippen molar-refractivity contribution in [3.63, 3.8) is 0 Å². The molecule has 0 spiro atoms. The highest BCUT2D eigenvalue weighted by Gasteiger charge is 2.29. The van der Waals surface area contributed by atoms with Crippen molar-refractivity contribution in [3.8, 4) is 5.75 Å². The summed E-state index contributed by atoms with van der Waals surface area (Å²) in [6, 6.07) is 8.25. The van der Waals surface area contributed by atoms with E-state index in [1.807, 2.05) is 23.9 Å². The van der Waals surface area contributed by atoms with Crippen LogP contribution in [0.15, 0.2) is 47.1 Å². The Morgan fingerprint density at radius 3 is 2.32 bits per heavy atom. The van der Waals surface area contributed by atoms with Gasteiger partial charge in [-0.15, -0.1) is 11.8 Å². The Morgan fingerprint density at radius 2 is 1.77 bits per heavy atom. The Balaban J connectivity index is 2.09. The number of methoxy groups -OCH3 is 1. The molecule has 0 unspecified atom stereocenters. The van der Waals surface area contributed by atoms with Crippen molar-refractivity contribution in [2.45, 2.75) is 46.0 Å². The van der Waals surface area contributed by atoms with Crippen LogP contribution in [0.1, 0.15) is 40.2 Å². The second-order valence-electron chi connectivity index (χ2n) is 7.15. The smallest absolute Gasteiger partial charge is 0.122 e. The first-order valence-corrected chi connectivity index (χ1v) is 8.58. The molecule has 1 aliphatic rings. The molecule has 0 amide bonds. The molecule has 0 aromatic heterocycles.